The minimum Gasteiger partial charge on any atom is -0.497 e. The molecule has 0 aliphatic heterocycles. The van der Waals surface area contributed by atoms with Gasteiger partial charge in [0, 0.05) is 11.8 Å². The Hall–Kier alpha value is -1.75. The molecule has 0 radical (unpaired) electrons. The van der Waals surface area contributed by atoms with Gasteiger partial charge in [-0.25, -0.2) is 4.79 Å². The molecule has 1 aromatic carbocycles. The molecule has 0 unspecified atom stereocenters. The number of carbonyl (C=O) groups is 1. The van der Waals surface area contributed by atoms with Crippen molar-refractivity contribution in [2.45, 2.75) is 26.4 Å². The van der Waals surface area contributed by atoms with Gasteiger partial charge in [-0.1, -0.05) is 0 Å². The summed E-state index contributed by atoms with van der Waals surface area (Å²) in [6.45, 7) is 6.37. The lowest BCUT2D eigenvalue weighted by Gasteiger charge is -2.19. The number of hydrogen-bond donors (Lipinski definition) is 1. The summed E-state index contributed by atoms with van der Waals surface area (Å²) < 4.78 is 15.6. The first-order valence-corrected chi connectivity index (χ1v) is 6.08. The molecule has 5 heteroatoms. The third-order valence-corrected chi connectivity index (χ3v) is 2.33. The first-order valence-electron chi connectivity index (χ1n) is 6.08. The lowest BCUT2D eigenvalue weighted by Crippen LogP contribution is -2.22. The largest absolute Gasteiger partial charge is 0.497 e. The third kappa shape index (κ3) is 5.18. The van der Waals surface area contributed by atoms with Crippen molar-refractivity contribution in [1.82, 2.24) is 0 Å². The highest BCUT2D eigenvalue weighted by Crippen LogP contribution is 2.20. The van der Waals surface area contributed by atoms with Crippen molar-refractivity contribution in [2.75, 3.05) is 26.1 Å². The van der Waals surface area contributed by atoms with Gasteiger partial charge < -0.3 is 19.9 Å². The van der Waals surface area contributed by atoms with Crippen LogP contribution < -0.4 is 10.5 Å². The number of carbonyl (C=O) groups excluding carboxylic acids is 1. The van der Waals surface area contributed by atoms with E-state index in [0.717, 1.165) is 0 Å². The van der Waals surface area contributed by atoms with Crippen LogP contribution in [-0.4, -0.2) is 31.9 Å². The molecule has 0 saturated heterocycles. The number of hydrogen-bond acceptors (Lipinski definition) is 5. The molecule has 0 atom stereocenters. The van der Waals surface area contributed by atoms with Gasteiger partial charge in [0.05, 0.1) is 24.9 Å². The molecule has 1 rings (SSSR count). The molecule has 5 nitrogen and oxygen atoms in total. The Bertz CT molecular complexity index is 438. The van der Waals surface area contributed by atoms with Crippen LogP contribution >= 0.6 is 0 Å². The van der Waals surface area contributed by atoms with Crippen LogP contribution in [0.3, 0.4) is 0 Å². The Morgan fingerprint density at radius 2 is 1.95 bits per heavy atom. The molecule has 106 valence electrons. The Labute approximate surface area is 113 Å². The summed E-state index contributed by atoms with van der Waals surface area (Å²) in [4.78, 5) is 11.8. The maximum absolute atomic E-state index is 11.8. The molecule has 0 bridgehead atoms. The number of benzene rings is 1. The van der Waals surface area contributed by atoms with Crippen LogP contribution in [0.15, 0.2) is 18.2 Å². The Morgan fingerprint density at radius 1 is 1.26 bits per heavy atom. The average molecular weight is 267 g/mol. The summed E-state index contributed by atoms with van der Waals surface area (Å²) in [5.74, 6) is 0.141. The minimum absolute atomic E-state index is 0.196. The maximum Gasteiger partial charge on any atom is 0.340 e. The molecule has 0 aliphatic rings. The topological polar surface area (TPSA) is 70.8 Å². The van der Waals surface area contributed by atoms with Crippen molar-refractivity contribution in [2.24, 2.45) is 0 Å². The Balaban J connectivity index is 2.50. The zero-order valence-corrected chi connectivity index (χ0v) is 11.9. The van der Waals surface area contributed by atoms with E-state index in [0.29, 0.717) is 23.6 Å². The van der Waals surface area contributed by atoms with Crippen LogP contribution in [0.1, 0.15) is 31.1 Å². The van der Waals surface area contributed by atoms with Gasteiger partial charge in [0.2, 0.25) is 0 Å². The number of nitrogens with two attached hydrogens (primary N) is 1. The highest BCUT2D eigenvalue weighted by atomic mass is 16.6. The van der Waals surface area contributed by atoms with Crippen molar-refractivity contribution in [3.05, 3.63) is 23.8 Å². The normalized spacial score (nSPS) is 11.2. The van der Waals surface area contributed by atoms with Crippen LogP contribution in [0.4, 0.5) is 5.69 Å². The number of anilines is 1. The van der Waals surface area contributed by atoms with Gasteiger partial charge in [-0.05, 0) is 32.9 Å². The maximum atomic E-state index is 11.8. The van der Waals surface area contributed by atoms with E-state index in [9.17, 15) is 4.79 Å². The average Bonchev–Trinajstić information content (AvgIpc) is 2.33. The zero-order valence-electron chi connectivity index (χ0n) is 11.9. The second-order valence-corrected chi connectivity index (χ2v) is 5.05. The fourth-order valence-electron chi connectivity index (χ4n) is 1.41. The summed E-state index contributed by atoms with van der Waals surface area (Å²) >= 11 is 0. The summed E-state index contributed by atoms with van der Waals surface area (Å²) in [6.07, 6.45) is 0. The monoisotopic (exact) mass is 267 g/mol. The van der Waals surface area contributed by atoms with E-state index in [4.69, 9.17) is 19.9 Å². The third-order valence-electron chi connectivity index (χ3n) is 2.33. The summed E-state index contributed by atoms with van der Waals surface area (Å²) in [7, 11) is 1.54. The van der Waals surface area contributed by atoms with Gasteiger partial charge in [-0.3, -0.25) is 0 Å². The lowest BCUT2D eigenvalue weighted by molar-refractivity contribution is -0.0281. The Kier molecular flexibility index (Phi) is 5.18. The molecular formula is C14H21NO4. The number of nitrogen functional groups attached to an aromatic ring is 1. The summed E-state index contributed by atoms with van der Waals surface area (Å²) in [5, 5.41) is 0. The van der Waals surface area contributed by atoms with E-state index in [1.165, 1.54) is 7.11 Å². The van der Waals surface area contributed by atoms with Gasteiger partial charge in [-0.2, -0.15) is 0 Å². The fourth-order valence-corrected chi connectivity index (χ4v) is 1.41. The van der Waals surface area contributed by atoms with Gasteiger partial charge in [0.15, 0.2) is 0 Å². The van der Waals surface area contributed by atoms with Crippen molar-refractivity contribution < 1.29 is 19.0 Å². The number of methoxy groups -OCH3 is 1. The molecule has 0 spiro atoms. The molecule has 0 aromatic heterocycles. The van der Waals surface area contributed by atoms with E-state index < -0.39 is 5.97 Å². The SMILES string of the molecule is COc1ccc(C(=O)OCCOC(C)(C)C)c(N)c1. The van der Waals surface area contributed by atoms with E-state index in [1.54, 1.807) is 18.2 Å². The second kappa shape index (κ2) is 6.43. The summed E-state index contributed by atoms with van der Waals surface area (Å²) in [5.41, 5.74) is 6.18. The van der Waals surface area contributed by atoms with Gasteiger partial charge in [-0.15, -0.1) is 0 Å². The molecule has 0 amide bonds. The molecule has 0 aliphatic carbocycles. The Morgan fingerprint density at radius 3 is 2.47 bits per heavy atom. The van der Waals surface area contributed by atoms with Gasteiger partial charge >= 0.3 is 5.97 Å². The van der Waals surface area contributed by atoms with Crippen LogP contribution in [0.2, 0.25) is 0 Å². The molecule has 1 aromatic rings. The molecular weight excluding hydrogens is 246 g/mol. The van der Waals surface area contributed by atoms with E-state index in [1.807, 2.05) is 20.8 Å². The van der Waals surface area contributed by atoms with Crippen molar-refractivity contribution in [1.29, 1.82) is 0 Å². The highest BCUT2D eigenvalue weighted by molar-refractivity contribution is 5.95. The van der Waals surface area contributed by atoms with E-state index in [2.05, 4.69) is 0 Å². The highest BCUT2D eigenvalue weighted by Gasteiger charge is 2.13. The van der Waals surface area contributed by atoms with Crippen molar-refractivity contribution >= 4 is 11.7 Å². The van der Waals surface area contributed by atoms with E-state index in [-0.39, 0.29) is 12.2 Å². The molecule has 19 heavy (non-hydrogen) atoms. The first kappa shape index (κ1) is 15.3. The lowest BCUT2D eigenvalue weighted by atomic mass is 10.2. The molecule has 2 N–H and O–H groups in total. The van der Waals surface area contributed by atoms with Gasteiger partial charge in [0.1, 0.15) is 12.4 Å². The number of ether oxygens (including phenoxy) is 3. The standard InChI is InChI=1S/C14H21NO4/c1-14(2,3)19-8-7-18-13(16)11-6-5-10(17-4)9-12(11)15/h5-6,9H,7-8,15H2,1-4H3. The van der Waals surface area contributed by atoms with Crippen LogP contribution in [0, 0.1) is 0 Å². The minimum atomic E-state index is -0.460. The van der Waals surface area contributed by atoms with Crippen molar-refractivity contribution in [3.8, 4) is 5.75 Å². The molecule has 0 saturated carbocycles. The number of esters is 1. The predicted molar refractivity (Wildman–Crippen MR) is 73.4 cm³/mol. The van der Waals surface area contributed by atoms with Crippen LogP contribution in [0.5, 0.6) is 5.75 Å². The second-order valence-electron chi connectivity index (χ2n) is 5.05. The first-order chi connectivity index (χ1) is 8.83. The molecule has 0 heterocycles. The number of rotatable bonds is 5. The smallest absolute Gasteiger partial charge is 0.340 e. The van der Waals surface area contributed by atoms with Crippen LogP contribution in [-0.2, 0) is 9.47 Å². The quantitative estimate of drug-likeness (QED) is 0.503. The van der Waals surface area contributed by atoms with Gasteiger partial charge in [0.25, 0.3) is 0 Å². The predicted octanol–water partition coefficient (Wildman–Crippen LogP) is 2.25. The fraction of sp³-hybridized carbons (Fsp3) is 0.500. The zero-order chi connectivity index (χ0) is 14.5. The van der Waals surface area contributed by atoms with E-state index >= 15 is 0 Å². The van der Waals surface area contributed by atoms with Crippen LogP contribution in [0.25, 0.3) is 0 Å². The summed E-state index contributed by atoms with van der Waals surface area (Å²) in [6, 6.07) is 4.84. The molecule has 0 fully saturated rings. The van der Waals surface area contributed by atoms with Crippen molar-refractivity contribution in [3.63, 3.8) is 0 Å².